The minimum absolute atomic E-state index is 0. The zero-order valence-corrected chi connectivity index (χ0v) is 20.8. The van der Waals surface area contributed by atoms with Crippen molar-refractivity contribution in [2.24, 2.45) is 4.99 Å². The zero-order chi connectivity index (χ0) is 21.2. The second-order valence-corrected chi connectivity index (χ2v) is 7.09. The van der Waals surface area contributed by atoms with Crippen LogP contribution in [-0.2, 0) is 11.3 Å². The van der Waals surface area contributed by atoms with Gasteiger partial charge in [-0.2, -0.15) is 0 Å². The molecule has 170 valence electrons. The smallest absolute Gasteiger partial charge is 0.191 e. The van der Waals surface area contributed by atoms with Crippen molar-refractivity contribution in [3.63, 3.8) is 0 Å². The molecular formula is C23H33IN4O3. The molecule has 0 bridgehead atoms. The molecular weight excluding hydrogens is 507 g/mol. The van der Waals surface area contributed by atoms with Gasteiger partial charge in [-0.05, 0) is 35.4 Å². The molecule has 1 atom stereocenters. The van der Waals surface area contributed by atoms with Crippen molar-refractivity contribution in [1.29, 1.82) is 0 Å². The van der Waals surface area contributed by atoms with Crippen LogP contribution in [-0.4, -0.2) is 65.0 Å². The second-order valence-electron chi connectivity index (χ2n) is 7.09. The van der Waals surface area contributed by atoms with Crippen LogP contribution in [0.3, 0.4) is 0 Å². The number of hydrogen-bond acceptors (Lipinski definition) is 5. The van der Waals surface area contributed by atoms with E-state index in [4.69, 9.17) is 14.2 Å². The van der Waals surface area contributed by atoms with Crippen LogP contribution < -0.4 is 20.1 Å². The average molecular weight is 540 g/mol. The van der Waals surface area contributed by atoms with Crippen molar-refractivity contribution in [1.82, 2.24) is 15.5 Å². The number of hydrogen-bond donors (Lipinski definition) is 2. The molecule has 0 amide bonds. The molecule has 1 heterocycles. The lowest BCUT2D eigenvalue weighted by atomic mass is 10.0. The van der Waals surface area contributed by atoms with Gasteiger partial charge in [-0.1, -0.05) is 24.3 Å². The third-order valence-corrected chi connectivity index (χ3v) is 5.29. The summed E-state index contributed by atoms with van der Waals surface area (Å²) in [6.45, 7) is 4.78. The Bertz CT molecular complexity index is 793. The number of methoxy groups -OCH3 is 2. The first-order valence-electron chi connectivity index (χ1n) is 10.3. The topological polar surface area (TPSA) is 67.4 Å². The van der Waals surface area contributed by atoms with Crippen LogP contribution in [0.1, 0.15) is 17.2 Å². The molecule has 7 nitrogen and oxygen atoms in total. The molecule has 0 aliphatic carbocycles. The number of halogens is 1. The maximum atomic E-state index is 5.55. The lowest BCUT2D eigenvalue weighted by molar-refractivity contribution is 0.0170. The lowest BCUT2D eigenvalue weighted by Crippen LogP contribution is -2.46. The maximum Gasteiger partial charge on any atom is 0.191 e. The molecule has 8 heteroatoms. The zero-order valence-electron chi connectivity index (χ0n) is 18.5. The summed E-state index contributed by atoms with van der Waals surface area (Å²) in [5, 5.41) is 6.87. The van der Waals surface area contributed by atoms with Crippen LogP contribution in [0.25, 0.3) is 0 Å². The van der Waals surface area contributed by atoms with E-state index in [1.807, 2.05) is 36.4 Å². The summed E-state index contributed by atoms with van der Waals surface area (Å²) in [5.41, 5.74) is 2.41. The van der Waals surface area contributed by atoms with E-state index >= 15 is 0 Å². The molecule has 2 N–H and O–H groups in total. The number of nitrogens with zero attached hydrogens (tertiary/aromatic N) is 2. The van der Waals surface area contributed by atoms with Crippen LogP contribution in [0.2, 0.25) is 0 Å². The summed E-state index contributed by atoms with van der Waals surface area (Å²) in [5.74, 6) is 2.50. The molecule has 2 aromatic carbocycles. The predicted octanol–water partition coefficient (Wildman–Crippen LogP) is 3.06. The first-order valence-corrected chi connectivity index (χ1v) is 10.3. The highest BCUT2D eigenvalue weighted by atomic mass is 127. The molecule has 0 aromatic heterocycles. The SMILES string of the molecule is CN=C(NCc1ccc(OC)cc1)NCC(c1ccc(OC)cc1)N1CCOCC1.I. The molecule has 3 rings (SSSR count). The Morgan fingerprint density at radius 1 is 0.968 bits per heavy atom. The van der Waals surface area contributed by atoms with E-state index in [0.29, 0.717) is 6.54 Å². The van der Waals surface area contributed by atoms with Crippen molar-refractivity contribution < 1.29 is 14.2 Å². The third kappa shape index (κ3) is 7.55. The van der Waals surface area contributed by atoms with Crippen LogP contribution in [0, 0.1) is 0 Å². The van der Waals surface area contributed by atoms with E-state index in [0.717, 1.165) is 50.3 Å². The molecule has 31 heavy (non-hydrogen) atoms. The monoisotopic (exact) mass is 540 g/mol. The van der Waals surface area contributed by atoms with Crippen LogP contribution in [0.15, 0.2) is 53.5 Å². The Labute approximate surface area is 202 Å². The minimum atomic E-state index is 0. The lowest BCUT2D eigenvalue weighted by Gasteiger charge is -2.35. The Hall–Kier alpha value is -2.04. The molecule has 1 unspecified atom stereocenters. The van der Waals surface area contributed by atoms with Crippen molar-refractivity contribution in [3.05, 3.63) is 59.7 Å². The van der Waals surface area contributed by atoms with E-state index in [-0.39, 0.29) is 30.0 Å². The molecule has 1 saturated heterocycles. The molecule has 0 spiro atoms. The Morgan fingerprint density at radius 2 is 1.55 bits per heavy atom. The molecule has 1 aliphatic heterocycles. The average Bonchev–Trinajstić information content (AvgIpc) is 2.82. The molecule has 1 aliphatic rings. The van der Waals surface area contributed by atoms with Gasteiger partial charge in [0.25, 0.3) is 0 Å². The number of guanidine groups is 1. The van der Waals surface area contributed by atoms with E-state index in [1.165, 1.54) is 11.1 Å². The van der Waals surface area contributed by atoms with Gasteiger partial charge in [0.05, 0.1) is 33.5 Å². The predicted molar refractivity (Wildman–Crippen MR) is 135 cm³/mol. The fourth-order valence-electron chi connectivity index (χ4n) is 3.52. The highest BCUT2D eigenvalue weighted by molar-refractivity contribution is 14.0. The summed E-state index contributed by atoms with van der Waals surface area (Å²) >= 11 is 0. The standard InChI is InChI=1S/C23H32N4O3.HI/c1-24-23(25-16-18-4-8-20(28-2)9-5-18)26-17-22(27-12-14-30-15-13-27)19-6-10-21(29-3)11-7-19;/h4-11,22H,12-17H2,1-3H3,(H2,24,25,26);1H. The summed E-state index contributed by atoms with van der Waals surface area (Å²) < 4.78 is 16.1. The number of aliphatic imine (C=N–C) groups is 1. The third-order valence-electron chi connectivity index (χ3n) is 5.29. The number of benzene rings is 2. The summed E-state index contributed by atoms with van der Waals surface area (Å²) in [7, 11) is 5.15. The van der Waals surface area contributed by atoms with Gasteiger partial charge in [0, 0.05) is 33.2 Å². The highest BCUT2D eigenvalue weighted by Gasteiger charge is 2.23. The first-order chi connectivity index (χ1) is 14.7. The van der Waals surface area contributed by atoms with Gasteiger partial charge in [0.1, 0.15) is 11.5 Å². The van der Waals surface area contributed by atoms with Crippen LogP contribution >= 0.6 is 24.0 Å². The minimum Gasteiger partial charge on any atom is -0.497 e. The number of rotatable bonds is 8. The van der Waals surface area contributed by atoms with Crippen molar-refractivity contribution >= 4 is 29.9 Å². The van der Waals surface area contributed by atoms with Gasteiger partial charge in [-0.25, -0.2) is 0 Å². The maximum absolute atomic E-state index is 5.55. The Kier molecular flexibility index (Phi) is 10.9. The Morgan fingerprint density at radius 3 is 2.10 bits per heavy atom. The van der Waals surface area contributed by atoms with E-state index in [2.05, 4.69) is 32.7 Å². The quantitative estimate of drug-likeness (QED) is 0.305. The Balaban J connectivity index is 0.00000341. The number of ether oxygens (including phenoxy) is 3. The summed E-state index contributed by atoms with van der Waals surface area (Å²) in [6, 6.07) is 16.5. The van der Waals surface area contributed by atoms with Gasteiger partial charge >= 0.3 is 0 Å². The second kappa shape index (κ2) is 13.4. The van der Waals surface area contributed by atoms with Gasteiger partial charge in [0.15, 0.2) is 5.96 Å². The van der Waals surface area contributed by atoms with Crippen molar-refractivity contribution in [2.45, 2.75) is 12.6 Å². The van der Waals surface area contributed by atoms with Crippen LogP contribution in [0.5, 0.6) is 11.5 Å². The number of nitrogens with one attached hydrogen (secondary N) is 2. The van der Waals surface area contributed by atoms with E-state index in [9.17, 15) is 0 Å². The summed E-state index contributed by atoms with van der Waals surface area (Å²) in [4.78, 5) is 6.83. The van der Waals surface area contributed by atoms with Crippen LogP contribution in [0.4, 0.5) is 0 Å². The normalized spacial score (nSPS) is 15.5. The molecule has 2 aromatic rings. The van der Waals surface area contributed by atoms with Gasteiger partial charge in [0.2, 0.25) is 0 Å². The number of morpholine rings is 1. The highest BCUT2D eigenvalue weighted by Crippen LogP contribution is 2.23. The van der Waals surface area contributed by atoms with E-state index in [1.54, 1.807) is 21.3 Å². The van der Waals surface area contributed by atoms with E-state index < -0.39 is 0 Å². The van der Waals surface area contributed by atoms with Gasteiger partial charge < -0.3 is 24.8 Å². The first kappa shape index (κ1) is 25.2. The largest absolute Gasteiger partial charge is 0.497 e. The fourth-order valence-corrected chi connectivity index (χ4v) is 3.52. The fraction of sp³-hybridized carbons (Fsp3) is 0.435. The van der Waals surface area contributed by atoms with Crippen molar-refractivity contribution in [3.8, 4) is 11.5 Å². The summed E-state index contributed by atoms with van der Waals surface area (Å²) in [6.07, 6.45) is 0. The molecule has 1 fully saturated rings. The van der Waals surface area contributed by atoms with Gasteiger partial charge in [-0.3, -0.25) is 9.89 Å². The van der Waals surface area contributed by atoms with Gasteiger partial charge in [-0.15, -0.1) is 24.0 Å². The molecule has 0 radical (unpaired) electrons. The van der Waals surface area contributed by atoms with Crippen molar-refractivity contribution in [2.75, 3.05) is 54.1 Å². The molecule has 0 saturated carbocycles.